The molecule has 0 radical (unpaired) electrons. The van der Waals surface area contributed by atoms with Crippen LogP contribution in [0, 0.1) is 5.82 Å². The fraction of sp³-hybridized carbons (Fsp3) is 0.0667. The number of benzene rings is 1. The van der Waals surface area contributed by atoms with E-state index in [0.29, 0.717) is 6.54 Å². The van der Waals surface area contributed by atoms with Gasteiger partial charge in [0.2, 0.25) is 5.91 Å². The third-order valence-electron chi connectivity index (χ3n) is 2.49. The second kappa shape index (κ2) is 6.44. The molecule has 0 atom stereocenters. The highest BCUT2D eigenvalue weighted by molar-refractivity contribution is 5.91. The quantitative estimate of drug-likeness (QED) is 0.854. The van der Waals surface area contributed by atoms with Gasteiger partial charge in [-0.1, -0.05) is 18.2 Å². The van der Waals surface area contributed by atoms with E-state index in [1.54, 1.807) is 30.6 Å². The van der Waals surface area contributed by atoms with Crippen molar-refractivity contribution in [1.82, 2.24) is 10.3 Å². The van der Waals surface area contributed by atoms with E-state index >= 15 is 0 Å². The lowest BCUT2D eigenvalue weighted by Gasteiger charge is -2.01. The average Bonchev–Trinajstić information content (AvgIpc) is 2.45. The van der Waals surface area contributed by atoms with E-state index in [1.165, 1.54) is 18.2 Å². The van der Waals surface area contributed by atoms with Crippen LogP contribution in [0.4, 0.5) is 4.39 Å². The third kappa shape index (κ3) is 4.35. The van der Waals surface area contributed by atoms with Crippen molar-refractivity contribution in [2.24, 2.45) is 0 Å². The number of rotatable bonds is 4. The molecule has 96 valence electrons. The summed E-state index contributed by atoms with van der Waals surface area (Å²) in [5.74, 6) is -0.494. The van der Waals surface area contributed by atoms with E-state index in [4.69, 9.17) is 0 Å². The van der Waals surface area contributed by atoms with E-state index in [2.05, 4.69) is 10.3 Å². The molecule has 0 aliphatic heterocycles. The molecule has 0 aliphatic rings. The molecule has 0 bridgehead atoms. The Kier molecular flexibility index (Phi) is 4.39. The number of halogens is 1. The zero-order chi connectivity index (χ0) is 13.5. The van der Waals surface area contributed by atoms with Gasteiger partial charge in [0.15, 0.2) is 0 Å². The summed E-state index contributed by atoms with van der Waals surface area (Å²) in [6, 6.07) is 9.63. The lowest BCUT2D eigenvalue weighted by molar-refractivity contribution is -0.116. The van der Waals surface area contributed by atoms with Gasteiger partial charge >= 0.3 is 0 Å². The molecule has 0 unspecified atom stereocenters. The molecule has 3 nitrogen and oxygen atoms in total. The van der Waals surface area contributed by atoms with Gasteiger partial charge in [-0.2, -0.15) is 0 Å². The first kappa shape index (κ1) is 13.0. The minimum Gasteiger partial charge on any atom is -0.348 e. The second-order valence-corrected chi connectivity index (χ2v) is 3.96. The van der Waals surface area contributed by atoms with Gasteiger partial charge in [-0.05, 0) is 35.4 Å². The standard InChI is InChI=1S/C15H13FN2O/c16-14-6-3-12(4-7-14)5-8-15(19)18-11-13-2-1-9-17-10-13/h1-10H,11H2,(H,18,19). The van der Waals surface area contributed by atoms with E-state index in [-0.39, 0.29) is 11.7 Å². The van der Waals surface area contributed by atoms with Crippen molar-refractivity contribution in [3.05, 3.63) is 71.8 Å². The zero-order valence-corrected chi connectivity index (χ0v) is 10.2. The summed E-state index contributed by atoms with van der Waals surface area (Å²) in [5.41, 5.74) is 1.71. The molecule has 19 heavy (non-hydrogen) atoms. The van der Waals surface area contributed by atoms with Crippen LogP contribution in [-0.4, -0.2) is 10.9 Å². The van der Waals surface area contributed by atoms with Gasteiger partial charge in [-0.3, -0.25) is 9.78 Å². The fourth-order valence-electron chi connectivity index (χ4n) is 1.50. The summed E-state index contributed by atoms with van der Waals surface area (Å²) in [5, 5.41) is 2.74. The second-order valence-electron chi connectivity index (χ2n) is 3.96. The fourth-order valence-corrected chi connectivity index (χ4v) is 1.50. The Morgan fingerprint density at radius 3 is 2.74 bits per heavy atom. The summed E-state index contributed by atoms with van der Waals surface area (Å²) in [4.78, 5) is 15.5. The van der Waals surface area contributed by atoms with Crippen molar-refractivity contribution in [3.8, 4) is 0 Å². The predicted octanol–water partition coefficient (Wildman–Crippen LogP) is 2.55. The van der Waals surface area contributed by atoms with E-state index in [1.807, 2.05) is 12.1 Å². The molecule has 0 fully saturated rings. The van der Waals surface area contributed by atoms with Crippen LogP contribution in [0.15, 0.2) is 54.9 Å². The first-order valence-corrected chi connectivity index (χ1v) is 5.84. The molecule has 1 amide bonds. The maximum atomic E-state index is 12.7. The minimum absolute atomic E-state index is 0.201. The number of amides is 1. The third-order valence-corrected chi connectivity index (χ3v) is 2.49. The maximum absolute atomic E-state index is 12.7. The smallest absolute Gasteiger partial charge is 0.244 e. The van der Waals surface area contributed by atoms with Gasteiger partial charge in [0.25, 0.3) is 0 Å². The van der Waals surface area contributed by atoms with Gasteiger partial charge < -0.3 is 5.32 Å². The van der Waals surface area contributed by atoms with Crippen molar-refractivity contribution in [3.63, 3.8) is 0 Å². The number of carbonyl (C=O) groups is 1. The Morgan fingerprint density at radius 2 is 2.05 bits per heavy atom. The van der Waals surface area contributed by atoms with Crippen molar-refractivity contribution in [2.75, 3.05) is 0 Å². The number of hydrogen-bond acceptors (Lipinski definition) is 2. The molecular weight excluding hydrogens is 243 g/mol. The number of nitrogens with one attached hydrogen (secondary N) is 1. The highest BCUT2D eigenvalue weighted by Crippen LogP contribution is 2.04. The SMILES string of the molecule is O=C(C=Cc1ccc(F)cc1)NCc1cccnc1. The minimum atomic E-state index is -0.293. The van der Waals surface area contributed by atoms with Crippen LogP contribution in [0.25, 0.3) is 6.08 Å². The molecule has 0 saturated carbocycles. The summed E-state index contributed by atoms with van der Waals surface area (Å²) in [6.07, 6.45) is 6.44. The Hall–Kier alpha value is -2.49. The van der Waals surface area contributed by atoms with Crippen LogP contribution in [-0.2, 0) is 11.3 Å². The summed E-state index contributed by atoms with van der Waals surface area (Å²) >= 11 is 0. The van der Waals surface area contributed by atoms with Gasteiger partial charge in [0.05, 0.1) is 0 Å². The molecule has 2 aromatic rings. The summed E-state index contributed by atoms with van der Waals surface area (Å²) < 4.78 is 12.7. The summed E-state index contributed by atoms with van der Waals surface area (Å²) in [6.45, 7) is 0.431. The molecule has 4 heteroatoms. The van der Waals surface area contributed by atoms with Crippen LogP contribution in [0.1, 0.15) is 11.1 Å². The average molecular weight is 256 g/mol. The molecule has 0 spiro atoms. The molecule has 2 rings (SSSR count). The van der Waals surface area contributed by atoms with Crippen molar-refractivity contribution in [2.45, 2.75) is 6.54 Å². The van der Waals surface area contributed by atoms with Crippen LogP contribution in [0.2, 0.25) is 0 Å². The highest BCUT2D eigenvalue weighted by atomic mass is 19.1. The lowest BCUT2D eigenvalue weighted by Crippen LogP contribution is -2.20. The van der Waals surface area contributed by atoms with Crippen molar-refractivity contribution >= 4 is 12.0 Å². The molecule has 0 saturated heterocycles. The molecular formula is C15H13FN2O. The Bertz CT molecular complexity index is 564. The van der Waals surface area contributed by atoms with Crippen molar-refractivity contribution < 1.29 is 9.18 Å². The summed E-state index contributed by atoms with van der Waals surface area (Å²) in [7, 11) is 0. The Balaban J connectivity index is 1.86. The predicted molar refractivity (Wildman–Crippen MR) is 71.5 cm³/mol. The first-order valence-electron chi connectivity index (χ1n) is 5.84. The number of carbonyl (C=O) groups excluding carboxylic acids is 1. The molecule has 0 aliphatic carbocycles. The largest absolute Gasteiger partial charge is 0.348 e. The topological polar surface area (TPSA) is 42.0 Å². The number of hydrogen-bond donors (Lipinski definition) is 1. The van der Waals surface area contributed by atoms with Crippen LogP contribution < -0.4 is 5.32 Å². The Labute approximate surface area is 110 Å². The van der Waals surface area contributed by atoms with E-state index in [0.717, 1.165) is 11.1 Å². The first-order chi connectivity index (χ1) is 9.24. The van der Waals surface area contributed by atoms with E-state index in [9.17, 15) is 9.18 Å². The maximum Gasteiger partial charge on any atom is 0.244 e. The monoisotopic (exact) mass is 256 g/mol. The van der Waals surface area contributed by atoms with Gasteiger partial charge in [0, 0.05) is 25.0 Å². The van der Waals surface area contributed by atoms with Crippen LogP contribution in [0.5, 0.6) is 0 Å². The number of pyridine rings is 1. The molecule has 1 aromatic carbocycles. The van der Waals surface area contributed by atoms with Gasteiger partial charge in [-0.15, -0.1) is 0 Å². The van der Waals surface area contributed by atoms with Gasteiger partial charge in [0.1, 0.15) is 5.82 Å². The lowest BCUT2D eigenvalue weighted by atomic mass is 10.2. The van der Waals surface area contributed by atoms with Crippen LogP contribution in [0.3, 0.4) is 0 Å². The molecule has 1 aromatic heterocycles. The number of aromatic nitrogens is 1. The zero-order valence-electron chi connectivity index (χ0n) is 10.2. The van der Waals surface area contributed by atoms with Crippen molar-refractivity contribution in [1.29, 1.82) is 0 Å². The molecule has 1 N–H and O–H groups in total. The Morgan fingerprint density at radius 1 is 1.26 bits per heavy atom. The normalized spacial score (nSPS) is 10.6. The van der Waals surface area contributed by atoms with E-state index < -0.39 is 0 Å². The molecule has 1 heterocycles. The highest BCUT2D eigenvalue weighted by Gasteiger charge is 1.96. The van der Waals surface area contributed by atoms with Gasteiger partial charge in [-0.25, -0.2) is 4.39 Å². The number of nitrogens with zero attached hydrogens (tertiary/aromatic N) is 1. The van der Waals surface area contributed by atoms with Crippen LogP contribution >= 0.6 is 0 Å².